The van der Waals surface area contributed by atoms with Crippen molar-refractivity contribution in [1.82, 2.24) is 5.32 Å². The standard InChI is InChI=1S/C19H24BrNO3/c1-14(19(23)21-12-11-15-5-3-2-4-6-15)24-18(22)13-16-7-9-17(20)10-8-16/h5,7-10,14H,2-4,6,11-13H2,1H3,(H,21,23)/t14-/m0/s1. The van der Waals surface area contributed by atoms with Crippen LogP contribution in [0.5, 0.6) is 0 Å². The Hall–Kier alpha value is -1.62. The van der Waals surface area contributed by atoms with Gasteiger partial charge in [-0.2, -0.15) is 0 Å². The third kappa shape index (κ3) is 6.48. The van der Waals surface area contributed by atoms with Crippen LogP contribution in [0, 0.1) is 0 Å². The first-order chi connectivity index (χ1) is 11.5. The summed E-state index contributed by atoms with van der Waals surface area (Å²) < 4.78 is 6.17. The molecule has 1 N–H and O–H groups in total. The summed E-state index contributed by atoms with van der Waals surface area (Å²) in [6.07, 6.45) is 7.33. The van der Waals surface area contributed by atoms with E-state index in [0.717, 1.165) is 29.3 Å². The summed E-state index contributed by atoms with van der Waals surface area (Å²) in [5, 5.41) is 2.84. The molecule has 5 heteroatoms. The normalized spacial score (nSPS) is 15.3. The molecular formula is C19H24BrNO3. The molecule has 1 aliphatic carbocycles. The quantitative estimate of drug-likeness (QED) is 0.563. The van der Waals surface area contributed by atoms with Gasteiger partial charge in [-0.3, -0.25) is 9.59 Å². The number of rotatable bonds is 7. The van der Waals surface area contributed by atoms with Gasteiger partial charge in [0.25, 0.3) is 5.91 Å². The summed E-state index contributed by atoms with van der Waals surface area (Å²) in [4.78, 5) is 23.9. The van der Waals surface area contributed by atoms with Gasteiger partial charge in [0.1, 0.15) is 0 Å². The van der Waals surface area contributed by atoms with Gasteiger partial charge in [0.15, 0.2) is 6.10 Å². The second-order valence-corrected chi connectivity index (χ2v) is 7.00. The fraction of sp³-hybridized carbons (Fsp3) is 0.474. The zero-order valence-corrected chi connectivity index (χ0v) is 15.6. The first kappa shape index (κ1) is 18.7. The summed E-state index contributed by atoms with van der Waals surface area (Å²) >= 11 is 3.35. The highest BCUT2D eigenvalue weighted by Gasteiger charge is 2.17. The van der Waals surface area contributed by atoms with Crippen molar-refractivity contribution in [2.45, 2.75) is 51.6 Å². The second-order valence-electron chi connectivity index (χ2n) is 6.08. The SMILES string of the molecule is C[C@H](OC(=O)Cc1ccc(Br)cc1)C(=O)NCCC1=CCCCC1. The number of ether oxygens (including phenoxy) is 1. The minimum Gasteiger partial charge on any atom is -0.452 e. The van der Waals surface area contributed by atoms with E-state index in [9.17, 15) is 9.59 Å². The van der Waals surface area contributed by atoms with Crippen LogP contribution >= 0.6 is 15.9 Å². The zero-order valence-electron chi connectivity index (χ0n) is 14.0. The summed E-state index contributed by atoms with van der Waals surface area (Å²) in [5.41, 5.74) is 2.28. The Morgan fingerprint density at radius 1 is 1.25 bits per heavy atom. The molecule has 1 aromatic rings. The molecule has 1 atom stereocenters. The minimum absolute atomic E-state index is 0.164. The summed E-state index contributed by atoms with van der Waals surface area (Å²) in [6.45, 7) is 2.20. The van der Waals surface area contributed by atoms with Crippen molar-refractivity contribution < 1.29 is 14.3 Å². The average molecular weight is 394 g/mol. The first-order valence-electron chi connectivity index (χ1n) is 8.44. The molecule has 1 aliphatic rings. The second kappa shape index (κ2) is 9.62. The van der Waals surface area contributed by atoms with Gasteiger partial charge < -0.3 is 10.1 Å². The lowest BCUT2D eigenvalue weighted by Crippen LogP contribution is -2.36. The molecule has 0 fully saturated rings. The predicted octanol–water partition coefficient (Wildman–Crippen LogP) is 3.93. The van der Waals surface area contributed by atoms with Crippen LogP contribution in [0.15, 0.2) is 40.4 Å². The van der Waals surface area contributed by atoms with Gasteiger partial charge in [0.05, 0.1) is 6.42 Å². The van der Waals surface area contributed by atoms with E-state index < -0.39 is 12.1 Å². The molecule has 0 aliphatic heterocycles. The van der Waals surface area contributed by atoms with E-state index in [0.29, 0.717) is 6.54 Å². The van der Waals surface area contributed by atoms with Crippen molar-refractivity contribution in [2.75, 3.05) is 6.54 Å². The van der Waals surface area contributed by atoms with E-state index >= 15 is 0 Å². The first-order valence-corrected chi connectivity index (χ1v) is 9.23. The number of allylic oxidation sites excluding steroid dienone is 1. The third-order valence-corrected chi connectivity index (χ3v) is 4.60. The number of halogens is 1. The minimum atomic E-state index is -0.770. The maximum Gasteiger partial charge on any atom is 0.311 e. The number of nitrogens with one attached hydrogen (secondary N) is 1. The van der Waals surface area contributed by atoms with Crippen molar-refractivity contribution in [3.8, 4) is 0 Å². The van der Waals surface area contributed by atoms with Crippen LogP contribution in [-0.4, -0.2) is 24.5 Å². The fourth-order valence-electron chi connectivity index (χ4n) is 2.68. The number of carbonyl (C=O) groups excluding carboxylic acids is 2. The molecule has 0 unspecified atom stereocenters. The summed E-state index contributed by atoms with van der Waals surface area (Å²) in [7, 11) is 0. The zero-order chi connectivity index (χ0) is 17.4. The average Bonchev–Trinajstić information content (AvgIpc) is 2.57. The largest absolute Gasteiger partial charge is 0.452 e. The Morgan fingerprint density at radius 3 is 2.67 bits per heavy atom. The molecule has 24 heavy (non-hydrogen) atoms. The summed E-state index contributed by atoms with van der Waals surface area (Å²) in [6, 6.07) is 7.46. The Labute approximate surface area is 151 Å². The van der Waals surface area contributed by atoms with Crippen molar-refractivity contribution in [2.24, 2.45) is 0 Å². The van der Waals surface area contributed by atoms with Gasteiger partial charge in [-0.1, -0.05) is 39.7 Å². The molecule has 1 amide bonds. The number of carbonyl (C=O) groups is 2. The molecule has 0 saturated carbocycles. The van der Waals surface area contributed by atoms with E-state index in [-0.39, 0.29) is 12.3 Å². The Bertz CT molecular complexity index is 595. The number of benzene rings is 1. The van der Waals surface area contributed by atoms with Crippen molar-refractivity contribution in [3.63, 3.8) is 0 Å². The van der Waals surface area contributed by atoms with Gasteiger partial charge in [-0.25, -0.2) is 0 Å². The topological polar surface area (TPSA) is 55.4 Å². The van der Waals surface area contributed by atoms with E-state index in [4.69, 9.17) is 4.74 Å². The summed E-state index contributed by atoms with van der Waals surface area (Å²) in [5.74, 6) is -0.634. The van der Waals surface area contributed by atoms with Crippen molar-refractivity contribution >= 4 is 27.8 Å². The van der Waals surface area contributed by atoms with Gasteiger partial charge in [-0.05, 0) is 56.7 Å². The molecule has 0 spiro atoms. The van der Waals surface area contributed by atoms with Crippen LogP contribution in [0.3, 0.4) is 0 Å². The monoisotopic (exact) mass is 393 g/mol. The predicted molar refractivity (Wildman–Crippen MR) is 97.6 cm³/mol. The van der Waals surface area contributed by atoms with E-state index in [1.54, 1.807) is 6.92 Å². The fourth-order valence-corrected chi connectivity index (χ4v) is 2.95. The van der Waals surface area contributed by atoms with E-state index in [1.165, 1.54) is 18.4 Å². The molecular weight excluding hydrogens is 370 g/mol. The van der Waals surface area contributed by atoms with Gasteiger partial charge in [-0.15, -0.1) is 0 Å². The molecule has 0 heterocycles. The highest BCUT2D eigenvalue weighted by Crippen LogP contribution is 2.19. The molecule has 130 valence electrons. The van der Waals surface area contributed by atoms with Crippen LogP contribution in [0.2, 0.25) is 0 Å². The van der Waals surface area contributed by atoms with E-state index in [2.05, 4.69) is 27.3 Å². The number of esters is 1. The van der Waals surface area contributed by atoms with Crippen LogP contribution in [0.25, 0.3) is 0 Å². The molecule has 0 bridgehead atoms. The van der Waals surface area contributed by atoms with E-state index in [1.807, 2.05) is 24.3 Å². The molecule has 0 radical (unpaired) electrons. The van der Waals surface area contributed by atoms with Crippen molar-refractivity contribution in [3.05, 3.63) is 46.0 Å². The van der Waals surface area contributed by atoms with Gasteiger partial charge >= 0.3 is 5.97 Å². The maximum atomic E-state index is 12.0. The van der Waals surface area contributed by atoms with Crippen LogP contribution in [0.1, 0.15) is 44.6 Å². The highest BCUT2D eigenvalue weighted by molar-refractivity contribution is 9.10. The number of hydrogen-bond acceptors (Lipinski definition) is 3. The Balaban J connectivity index is 1.69. The smallest absolute Gasteiger partial charge is 0.311 e. The number of amides is 1. The third-order valence-electron chi connectivity index (χ3n) is 4.07. The molecule has 2 rings (SSSR count). The molecule has 4 nitrogen and oxygen atoms in total. The van der Waals surface area contributed by atoms with Gasteiger partial charge in [0.2, 0.25) is 0 Å². The molecule has 0 aromatic heterocycles. The Morgan fingerprint density at radius 2 is 2.00 bits per heavy atom. The number of hydrogen-bond donors (Lipinski definition) is 1. The highest BCUT2D eigenvalue weighted by atomic mass is 79.9. The lowest BCUT2D eigenvalue weighted by atomic mass is 9.97. The van der Waals surface area contributed by atoms with Crippen molar-refractivity contribution in [1.29, 1.82) is 0 Å². The Kier molecular flexibility index (Phi) is 7.50. The maximum absolute atomic E-state index is 12.0. The van der Waals surface area contributed by atoms with Crippen LogP contribution in [-0.2, 0) is 20.7 Å². The lowest BCUT2D eigenvalue weighted by molar-refractivity contribution is -0.154. The molecule has 1 aromatic carbocycles. The van der Waals surface area contributed by atoms with Crippen LogP contribution < -0.4 is 5.32 Å². The van der Waals surface area contributed by atoms with Gasteiger partial charge in [0, 0.05) is 11.0 Å². The van der Waals surface area contributed by atoms with Crippen LogP contribution in [0.4, 0.5) is 0 Å². The lowest BCUT2D eigenvalue weighted by Gasteiger charge is -2.15. The molecule has 0 saturated heterocycles.